The molecule has 2 heterocycles. The third-order valence-electron chi connectivity index (χ3n) is 5.03. The van der Waals surface area contributed by atoms with Gasteiger partial charge in [0, 0.05) is 32.5 Å². The number of carbonyl (C=O) groups excluding carboxylic acids is 1. The summed E-state index contributed by atoms with van der Waals surface area (Å²) >= 11 is 0. The molecule has 2 atom stereocenters. The van der Waals surface area contributed by atoms with Crippen LogP contribution in [0.4, 0.5) is 0 Å². The first-order valence-electron chi connectivity index (χ1n) is 7.66. The lowest BCUT2D eigenvalue weighted by Gasteiger charge is -2.39. The molecular formula is C15H26Cl2N4O. The Hall–Kier alpha value is -0.780. The van der Waals surface area contributed by atoms with Gasteiger partial charge in [-0.25, -0.2) is 0 Å². The van der Waals surface area contributed by atoms with Crippen LogP contribution >= 0.6 is 24.8 Å². The van der Waals surface area contributed by atoms with E-state index in [-0.39, 0.29) is 30.2 Å². The molecule has 2 aliphatic rings. The normalized spacial score (nSPS) is 26.5. The van der Waals surface area contributed by atoms with Crippen LogP contribution in [0.25, 0.3) is 0 Å². The molecule has 1 saturated heterocycles. The molecule has 5 nitrogen and oxygen atoms in total. The summed E-state index contributed by atoms with van der Waals surface area (Å²) in [5.74, 6) is 0.871. The molecule has 1 N–H and O–H groups in total. The summed E-state index contributed by atoms with van der Waals surface area (Å²) < 4.78 is 1.88. The number of carbonyl (C=O) groups is 1. The van der Waals surface area contributed by atoms with E-state index in [1.54, 1.807) is 6.20 Å². The highest BCUT2D eigenvalue weighted by atomic mass is 35.5. The Labute approximate surface area is 144 Å². The Morgan fingerprint density at radius 3 is 3.00 bits per heavy atom. The number of amides is 1. The molecule has 1 aromatic rings. The molecule has 1 aromatic heterocycles. The Morgan fingerprint density at radius 2 is 2.27 bits per heavy atom. The minimum absolute atomic E-state index is 0. The zero-order valence-electron chi connectivity index (χ0n) is 13.0. The molecule has 126 valence electrons. The van der Waals surface area contributed by atoms with Gasteiger partial charge in [0.05, 0.1) is 12.0 Å². The largest absolute Gasteiger partial charge is 0.343 e. The van der Waals surface area contributed by atoms with Crippen LogP contribution in [0.2, 0.25) is 0 Å². The molecule has 2 fully saturated rings. The predicted octanol–water partition coefficient (Wildman–Crippen LogP) is 1.96. The monoisotopic (exact) mass is 348 g/mol. The molecule has 1 amide bonds. The van der Waals surface area contributed by atoms with Crippen molar-refractivity contribution in [3.8, 4) is 0 Å². The van der Waals surface area contributed by atoms with Crippen LogP contribution in [0, 0.1) is 11.3 Å². The molecule has 0 radical (unpaired) electrons. The Bertz CT molecular complexity index is 468. The van der Waals surface area contributed by atoms with Gasteiger partial charge in [0.1, 0.15) is 0 Å². The van der Waals surface area contributed by atoms with Crippen molar-refractivity contribution in [1.29, 1.82) is 0 Å². The van der Waals surface area contributed by atoms with Crippen LogP contribution in [0.3, 0.4) is 0 Å². The number of rotatable bonds is 4. The van der Waals surface area contributed by atoms with Gasteiger partial charge in [-0.2, -0.15) is 5.10 Å². The summed E-state index contributed by atoms with van der Waals surface area (Å²) in [5.41, 5.74) is -0.128. The molecule has 0 aromatic carbocycles. The molecule has 0 bridgehead atoms. The van der Waals surface area contributed by atoms with E-state index in [0.29, 0.717) is 11.8 Å². The summed E-state index contributed by atoms with van der Waals surface area (Å²) in [4.78, 5) is 14.8. The molecule has 1 saturated carbocycles. The number of likely N-dealkylation sites (N-methyl/N-ethyl adjacent to an activating group) is 1. The Kier molecular flexibility index (Phi) is 7.16. The van der Waals surface area contributed by atoms with E-state index in [2.05, 4.69) is 10.4 Å². The first-order valence-corrected chi connectivity index (χ1v) is 7.66. The van der Waals surface area contributed by atoms with Crippen molar-refractivity contribution < 1.29 is 4.79 Å². The second-order valence-electron chi connectivity index (χ2n) is 6.23. The van der Waals surface area contributed by atoms with Crippen molar-refractivity contribution in [2.75, 3.05) is 26.7 Å². The van der Waals surface area contributed by atoms with Crippen LogP contribution in [0.1, 0.15) is 25.7 Å². The summed E-state index contributed by atoms with van der Waals surface area (Å²) in [6, 6.07) is 1.92. The van der Waals surface area contributed by atoms with Gasteiger partial charge in [0.15, 0.2) is 0 Å². The molecule has 0 spiro atoms. The summed E-state index contributed by atoms with van der Waals surface area (Å²) in [5, 5.41) is 7.64. The zero-order valence-corrected chi connectivity index (χ0v) is 14.7. The maximum atomic E-state index is 12.9. The molecule has 7 heteroatoms. The van der Waals surface area contributed by atoms with Crippen molar-refractivity contribution >= 4 is 30.7 Å². The minimum Gasteiger partial charge on any atom is -0.343 e. The molecule has 3 rings (SSSR count). The van der Waals surface area contributed by atoms with Gasteiger partial charge in [0.2, 0.25) is 5.91 Å². The second-order valence-corrected chi connectivity index (χ2v) is 6.23. The van der Waals surface area contributed by atoms with Gasteiger partial charge in [-0.05, 0) is 31.4 Å². The van der Waals surface area contributed by atoms with Gasteiger partial charge in [0.25, 0.3) is 0 Å². The average Bonchev–Trinajstić information content (AvgIpc) is 3.13. The number of fused-ring (bicyclic) bond motifs is 1. The van der Waals surface area contributed by atoms with Gasteiger partial charge >= 0.3 is 0 Å². The van der Waals surface area contributed by atoms with E-state index < -0.39 is 0 Å². The van der Waals surface area contributed by atoms with Gasteiger partial charge < -0.3 is 10.2 Å². The standard InChI is InChI=1S/C15H24N4O.2ClH/c1-18(9-10-19-8-4-7-17-19)14(20)15-6-3-2-5-13(15)11-16-12-15;;/h4,7-8,13,16H,2-3,5-6,9-12H2,1H3;2*1H/t13-,15+;;/m0../s1. The van der Waals surface area contributed by atoms with E-state index in [1.165, 1.54) is 19.3 Å². The van der Waals surface area contributed by atoms with Crippen LogP contribution in [0.15, 0.2) is 18.5 Å². The highest BCUT2D eigenvalue weighted by molar-refractivity contribution is 5.85. The first-order chi connectivity index (χ1) is 9.72. The molecule has 1 aliphatic carbocycles. The summed E-state index contributed by atoms with van der Waals surface area (Å²) in [6.07, 6.45) is 8.44. The van der Waals surface area contributed by atoms with Crippen molar-refractivity contribution in [2.45, 2.75) is 32.2 Å². The zero-order chi connectivity index (χ0) is 14.0. The van der Waals surface area contributed by atoms with Crippen LogP contribution in [-0.4, -0.2) is 47.3 Å². The molecule has 1 aliphatic heterocycles. The number of nitrogens with zero attached hydrogens (tertiary/aromatic N) is 3. The van der Waals surface area contributed by atoms with E-state index in [0.717, 1.165) is 32.6 Å². The Morgan fingerprint density at radius 1 is 1.45 bits per heavy atom. The fourth-order valence-electron chi connectivity index (χ4n) is 3.84. The van der Waals surface area contributed by atoms with Crippen LogP contribution in [0.5, 0.6) is 0 Å². The number of hydrogen-bond acceptors (Lipinski definition) is 3. The van der Waals surface area contributed by atoms with Gasteiger partial charge in [-0.3, -0.25) is 9.48 Å². The quantitative estimate of drug-likeness (QED) is 0.904. The molecular weight excluding hydrogens is 323 g/mol. The molecule has 22 heavy (non-hydrogen) atoms. The van der Waals surface area contributed by atoms with E-state index in [9.17, 15) is 4.79 Å². The fraction of sp³-hybridized carbons (Fsp3) is 0.733. The van der Waals surface area contributed by atoms with E-state index in [1.807, 2.05) is 28.9 Å². The first kappa shape index (κ1) is 19.3. The smallest absolute Gasteiger partial charge is 0.230 e. The lowest BCUT2D eigenvalue weighted by molar-refractivity contribution is -0.144. The van der Waals surface area contributed by atoms with Crippen LogP contribution in [-0.2, 0) is 11.3 Å². The Balaban J connectivity index is 0.00000121. The topological polar surface area (TPSA) is 50.2 Å². The SMILES string of the molecule is CN(CCn1cccn1)C(=O)[C@@]12CCCC[C@H]1CNC2.Cl.Cl. The van der Waals surface area contributed by atoms with E-state index >= 15 is 0 Å². The summed E-state index contributed by atoms with van der Waals surface area (Å²) in [6.45, 7) is 3.37. The third-order valence-corrected chi connectivity index (χ3v) is 5.03. The lowest BCUT2D eigenvalue weighted by Crippen LogP contribution is -2.49. The van der Waals surface area contributed by atoms with Crippen molar-refractivity contribution in [1.82, 2.24) is 20.0 Å². The van der Waals surface area contributed by atoms with Crippen molar-refractivity contribution in [3.05, 3.63) is 18.5 Å². The minimum atomic E-state index is -0.128. The number of hydrogen-bond donors (Lipinski definition) is 1. The predicted molar refractivity (Wildman–Crippen MR) is 91.6 cm³/mol. The van der Waals surface area contributed by atoms with E-state index in [4.69, 9.17) is 0 Å². The maximum absolute atomic E-state index is 12.9. The van der Waals surface area contributed by atoms with Gasteiger partial charge in [-0.15, -0.1) is 24.8 Å². The second kappa shape index (κ2) is 8.18. The average molecular weight is 349 g/mol. The third kappa shape index (κ3) is 3.58. The summed E-state index contributed by atoms with van der Waals surface area (Å²) in [7, 11) is 1.94. The number of halogens is 2. The highest BCUT2D eigenvalue weighted by Gasteiger charge is 2.50. The number of nitrogens with one attached hydrogen (secondary N) is 1. The molecule has 0 unspecified atom stereocenters. The lowest BCUT2D eigenvalue weighted by atomic mass is 9.67. The number of aromatic nitrogens is 2. The highest BCUT2D eigenvalue weighted by Crippen LogP contribution is 2.44. The fourth-order valence-corrected chi connectivity index (χ4v) is 3.84. The maximum Gasteiger partial charge on any atom is 0.230 e. The van der Waals surface area contributed by atoms with Gasteiger partial charge in [-0.1, -0.05) is 12.8 Å². The van der Waals surface area contributed by atoms with Crippen molar-refractivity contribution in [3.63, 3.8) is 0 Å². The van der Waals surface area contributed by atoms with Crippen LogP contribution < -0.4 is 5.32 Å². The van der Waals surface area contributed by atoms with Crippen molar-refractivity contribution in [2.24, 2.45) is 11.3 Å².